The molecule has 2 rings (SSSR count). The molecule has 0 saturated carbocycles. The fraction of sp³-hybridized carbons (Fsp3) is 0.273. The monoisotopic (exact) mass is 344 g/mol. The number of halogens is 1. The van der Waals surface area contributed by atoms with Gasteiger partial charge in [-0.25, -0.2) is 0 Å². The van der Waals surface area contributed by atoms with Crippen molar-refractivity contribution in [3.05, 3.63) is 33.5 Å². The van der Waals surface area contributed by atoms with E-state index in [1.165, 1.54) is 0 Å². The molecule has 0 saturated heterocycles. The lowest BCUT2D eigenvalue weighted by molar-refractivity contribution is 0.387. The third-order valence-electron chi connectivity index (χ3n) is 2.25. The summed E-state index contributed by atoms with van der Waals surface area (Å²) in [6.07, 6.45) is 0.711. The highest BCUT2D eigenvalue weighted by Crippen LogP contribution is 2.20. The number of anilines is 2. The number of aryl methyl sites for hydroxylation is 1. The van der Waals surface area contributed by atoms with Crippen molar-refractivity contribution in [3.63, 3.8) is 0 Å². The van der Waals surface area contributed by atoms with Crippen molar-refractivity contribution < 1.29 is 4.52 Å². The van der Waals surface area contributed by atoms with Crippen LogP contribution in [0.4, 0.5) is 11.4 Å². The Morgan fingerprint density at radius 3 is 2.94 bits per heavy atom. The smallest absolute Gasteiger partial charge is 0.223 e. The van der Waals surface area contributed by atoms with E-state index in [9.17, 15) is 0 Å². The van der Waals surface area contributed by atoms with E-state index in [4.69, 9.17) is 10.3 Å². The lowest BCUT2D eigenvalue weighted by Crippen LogP contribution is -2.07. The summed E-state index contributed by atoms with van der Waals surface area (Å²) in [4.78, 5) is 4.13. The number of aromatic nitrogens is 2. The summed E-state index contributed by atoms with van der Waals surface area (Å²) in [5.41, 5.74) is 7.57. The van der Waals surface area contributed by atoms with Gasteiger partial charge in [-0.3, -0.25) is 0 Å². The molecule has 2 aromatic rings. The third kappa shape index (κ3) is 3.32. The zero-order valence-electron chi connectivity index (χ0n) is 9.40. The van der Waals surface area contributed by atoms with Gasteiger partial charge < -0.3 is 15.6 Å². The van der Waals surface area contributed by atoms with Crippen LogP contribution in [0.1, 0.15) is 11.7 Å². The van der Waals surface area contributed by atoms with Gasteiger partial charge in [-0.15, -0.1) is 0 Å². The molecule has 0 aliphatic heterocycles. The van der Waals surface area contributed by atoms with E-state index in [2.05, 4.69) is 38.0 Å². The molecule has 0 bridgehead atoms. The Balaban J connectivity index is 1.90. The summed E-state index contributed by atoms with van der Waals surface area (Å²) in [7, 11) is 0. The van der Waals surface area contributed by atoms with Crippen LogP contribution in [0.3, 0.4) is 0 Å². The van der Waals surface area contributed by atoms with Crippen LogP contribution in [-0.4, -0.2) is 16.7 Å². The maximum Gasteiger partial charge on any atom is 0.223 e. The first-order valence-electron chi connectivity index (χ1n) is 5.23. The van der Waals surface area contributed by atoms with Gasteiger partial charge in [-0.05, 0) is 40.8 Å². The maximum absolute atomic E-state index is 5.89. The minimum atomic E-state index is 0.591. The van der Waals surface area contributed by atoms with Crippen molar-refractivity contribution in [1.82, 2.24) is 10.1 Å². The van der Waals surface area contributed by atoms with E-state index in [0.29, 0.717) is 18.1 Å². The first-order valence-corrected chi connectivity index (χ1v) is 6.31. The average molecular weight is 344 g/mol. The molecule has 5 nitrogen and oxygen atoms in total. The van der Waals surface area contributed by atoms with E-state index in [1.54, 1.807) is 6.92 Å². The van der Waals surface area contributed by atoms with Gasteiger partial charge in [-0.1, -0.05) is 5.16 Å². The molecule has 0 unspecified atom stereocenters. The first kappa shape index (κ1) is 12.2. The number of hydrogen-bond acceptors (Lipinski definition) is 5. The molecule has 0 fully saturated rings. The van der Waals surface area contributed by atoms with Gasteiger partial charge in [0.05, 0.1) is 11.4 Å². The molecule has 90 valence electrons. The number of hydrogen-bond donors (Lipinski definition) is 2. The van der Waals surface area contributed by atoms with Gasteiger partial charge in [0.2, 0.25) is 5.89 Å². The van der Waals surface area contributed by atoms with Gasteiger partial charge in [0, 0.05) is 23.5 Å². The zero-order chi connectivity index (χ0) is 12.3. The lowest BCUT2D eigenvalue weighted by atomic mass is 10.2. The van der Waals surface area contributed by atoms with Crippen LogP contribution in [0.25, 0.3) is 0 Å². The molecule has 1 aromatic carbocycles. The van der Waals surface area contributed by atoms with Crippen molar-refractivity contribution in [2.75, 3.05) is 17.6 Å². The van der Waals surface area contributed by atoms with E-state index >= 15 is 0 Å². The van der Waals surface area contributed by atoms with Gasteiger partial charge in [0.1, 0.15) is 0 Å². The predicted octanol–water partition coefficient (Wildman–Crippen LogP) is 2.22. The maximum atomic E-state index is 5.89. The fourth-order valence-corrected chi connectivity index (χ4v) is 1.96. The van der Waals surface area contributed by atoms with Crippen LogP contribution in [0.15, 0.2) is 22.7 Å². The van der Waals surface area contributed by atoms with Crippen LogP contribution >= 0.6 is 22.6 Å². The normalized spacial score (nSPS) is 10.5. The SMILES string of the molecule is Cc1nc(CCNc2ccc(I)cc2N)no1. The van der Waals surface area contributed by atoms with Crippen molar-refractivity contribution in [1.29, 1.82) is 0 Å². The molecule has 1 heterocycles. The Labute approximate surface area is 113 Å². The third-order valence-corrected chi connectivity index (χ3v) is 2.92. The van der Waals surface area contributed by atoms with Gasteiger partial charge in [0.15, 0.2) is 5.82 Å². The van der Waals surface area contributed by atoms with Crippen molar-refractivity contribution >= 4 is 34.0 Å². The van der Waals surface area contributed by atoms with Crippen LogP contribution in [-0.2, 0) is 6.42 Å². The number of nitrogens with two attached hydrogens (primary N) is 1. The first-order chi connectivity index (χ1) is 8.15. The molecule has 3 N–H and O–H groups in total. The van der Waals surface area contributed by atoms with Crippen LogP contribution in [0.2, 0.25) is 0 Å². The van der Waals surface area contributed by atoms with Crippen LogP contribution in [0.5, 0.6) is 0 Å². The quantitative estimate of drug-likeness (QED) is 0.657. The number of nitrogens with zero attached hydrogens (tertiary/aromatic N) is 2. The largest absolute Gasteiger partial charge is 0.397 e. The Bertz CT molecular complexity index is 512. The van der Waals surface area contributed by atoms with Crippen molar-refractivity contribution in [3.8, 4) is 0 Å². The fourth-order valence-electron chi connectivity index (χ4n) is 1.45. The number of benzene rings is 1. The number of nitrogen functional groups attached to an aromatic ring is 1. The molecule has 17 heavy (non-hydrogen) atoms. The summed E-state index contributed by atoms with van der Waals surface area (Å²) in [6.45, 7) is 2.50. The molecule has 0 aliphatic carbocycles. The van der Waals surface area contributed by atoms with Crippen molar-refractivity contribution in [2.24, 2.45) is 0 Å². The topological polar surface area (TPSA) is 77.0 Å². The van der Waals surface area contributed by atoms with E-state index in [1.807, 2.05) is 18.2 Å². The molecular formula is C11H13IN4O. The molecule has 0 spiro atoms. The minimum absolute atomic E-state index is 0.591. The van der Waals surface area contributed by atoms with E-state index in [0.717, 1.165) is 21.5 Å². The van der Waals surface area contributed by atoms with E-state index in [-0.39, 0.29) is 0 Å². The molecule has 0 radical (unpaired) electrons. The minimum Gasteiger partial charge on any atom is -0.397 e. The molecular weight excluding hydrogens is 331 g/mol. The summed E-state index contributed by atoms with van der Waals surface area (Å²) >= 11 is 2.23. The molecule has 6 heteroatoms. The average Bonchev–Trinajstić information content (AvgIpc) is 2.68. The summed E-state index contributed by atoms with van der Waals surface area (Å²) in [6, 6.07) is 5.91. The highest BCUT2D eigenvalue weighted by molar-refractivity contribution is 14.1. The second kappa shape index (κ2) is 5.35. The lowest BCUT2D eigenvalue weighted by Gasteiger charge is -2.08. The Kier molecular flexibility index (Phi) is 3.82. The highest BCUT2D eigenvalue weighted by Gasteiger charge is 2.03. The summed E-state index contributed by atoms with van der Waals surface area (Å²) in [5.74, 6) is 1.30. The number of nitrogens with one attached hydrogen (secondary N) is 1. The molecule has 1 aromatic heterocycles. The number of rotatable bonds is 4. The van der Waals surface area contributed by atoms with Gasteiger partial charge in [-0.2, -0.15) is 4.98 Å². The van der Waals surface area contributed by atoms with Gasteiger partial charge >= 0.3 is 0 Å². The van der Waals surface area contributed by atoms with Crippen LogP contribution in [0, 0.1) is 10.5 Å². The second-order valence-electron chi connectivity index (χ2n) is 3.64. The Morgan fingerprint density at radius 2 is 2.29 bits per heavy atom. The second-order valence-corrected chi connectivity index (χ2v) is 4.88. The van der Waals surface area contributed by atoms with Crippen LogP contribution < -0.4 is 11.1 Å². The highest BCUT2D eigenvalue weighted by atomic mass is 127. The van der Waals surface area contributed by atoms with E-state index < -0.39 is 0 Å². The standard InChI is InChI=1S/C11H13IN4O/c1-7-15-11(16-17-7)4-5-14-10-3-2-8(12)6-9(10)13/h2-3,6,14H,4-5,13H2,1H3. The Morgan fingerprint density at radius 1 is 1.47 bits per heavy atom. The van der Waals surface area contributed by atoms with Crippen molar-refractivity contribution in [2.45, 2.75) is 13.3 Å². The molecule has 0 aliphatic rings. The Hall–Kier alpha value is -1.31. The zero-order valence-corrected chi connectivity index (χ0v) is 11.6. The summed E-state index contributed by atoms with van der Waals surface area (Å²) < 4.78 is 6.02. The van der Waals surface area contributed by atoms with Gasteiger partial charge in [0.25, 0.3) is 0 Å². The molecule has 0 amide bonds. The predicted molar refractivity (Wildman–Crippen MR) is 74.8 cm³/mol. The molecule has 0 atom stereocenters. The summed E-state index contributed by atoms with van der Waals surface area (Å²) in [5, 5.41) is 7.07.